The lowest BCUT2D eigenvalue weighted by atomic mass is 10.1. The van der Waals surface area contributed by atoms with Crippen molar-refractivity contribution in [3.63, 3.8) is 0 Å². The summed E-state index contributed by atoms with van der Waals surface area (Å²) in [6.45, 7) is 5.31. The van der Waals surface area contributed by atoms with E-state index in [1.54, 1.807) is 32.9 Å². The van der Waals surface area contributed by atoms with Crippen molar-refractivity contribution in [1.29, 1.82) is 0 Å². The SMILES string of the molecule is Cc1cc(Nc2cc(NC(=O)C3CC3)ncn2)c(=O)n2c1C(=O)NC2(C)C. The first kappa shape index (κ1) is 17.2. The van der Waals surface area contributed by atoms with Crippen LogP contribution in [0.25, 0.3) is 0 Å². The first-order valence-corrected chi connectivity index (χ1v) is 8.76. The summed E-state index contributed by atoms with van der Waals surface area (Å²) in [4.78, 5) is 45.2. The normalized spacial score (nSPS) is 17.2. The molecule has 1 aliphatic heterocycles. The molecule has 9 heteroatoms. The maximum Gasteiger partial charge on any atom is 0.276 e. The second kappa shape index (κ2) is 5.90. The Bertz CT molecular complexity index is 1020. The molecule has 27 heavy (non-hydrogen) atoms. The Labute approximate surface area is 155 Å². The molecular weight excluding hydrogens is 348 g/mol. The van der Waals surface area contributed by atoms with E-state index in [9.17, 15) is 14.4 Å². The molecule has 0 aromatic carbocycles. The van der Waals surface area contributed by atoms with Crippen LogP contribution in [0.3, 0.4) is 0 Å². The first-order chi connectivity index (χ1) is 12.8. The molecule has 3 heterocycles. The zero-order valence-electron chi connectivity index (χ0n) is 15.3. The van der Waals surface area contributed by atoms with E-state index < -0.39 is 5.66 Å². The molecule has 1 saturated carbocycles. The molecule has 0 saturated heterocycles. The third kappa shape index (κ3) is 3.05. The van der Waals surface area contributed by atoms with Gasteiger partial charge in [0.1, 0.15) is 35.0 Å². The van der Waals surface area contributed by atoms with Crippen molar-refractivity contribution in [3.8, 4) is 0 Å². The van der Waals surface area contributed by atoms with Gasteiger partial charge in [-0.2, -0.15) is 0 Å². The lowest BCUT2D eigenvalue weighted by molar-refractivity contribution is -0.117. The molecule has 140 valence electrons. The minimum atomic E-state index is -0.818. The van der Waals surface area contributed by atoms with Gasteiger partial charge in [0.2, 0.25) is 5.91 Å². The third-order valence-corrected chi connectivity index (χ3v) is 4.71. The van der Waals surface area contributed by atoms with Crippen molar-refractivity contribution in [2.45, 2.75) is 39.3 Å². The van der Waals surface area contributed by atoms with E-state index in [4.69, 9.17) is 0 Å². The second-order valence-electron chi connectivity index (χ2n) is 7.42. The molecule has 2 amide bonds. The minimum absolute atomic E-state index is 0.0561. The molecule has 0 atom stereocenters. The van der Waals surface area contributed by atoms with Gasteiger partial charge in [-0.3, -0.25) is 19.0 Å². The van der Waals surface area contributed by atoms with Gasteiger partial charge in [0.15, 0.2) is 0 Å². The van der Waals surface area contributed by atoms with Gasteiger partial charge in [-0.25, -0.2) is 9.97 Å². The maximum atomic E-state index is 12.9. The van der Waals surface area contributed by atoms with Crippen LogP contribution in [0.2, 0.25) is 0 Å². The molecule has 1 aliphatic carbocycles. The average Bonchev–Trinajstić information content (AvgIpc) is 3.38. The lowest BCUT2D eigenvalue weighted by Crippen LogP contribution is -2.42. The molecule has 2 aromatic rings. The number of fused-ring (bicyclic) bond motifs is 1. The second-order valence-corrected chi connectivity index (χ2v) is 7.42. The predicted octanol–water partition coefficient (Wildman–Crippen LogP) is 1.47. The lowest BCUT2D eigenvalue weighted by Gasteiger charge is -2.22. The van der Waals surface area contributed by atoms with E-state index in [2.05, 4.69) is 25.9 Å². The Balaban J connectivity index is 1.66. The van der Waals surface area contributed by atoms with E-state index in [1.807, 2.05) is 0 Å². The molecule has 1 fully saturated rings. The molecule has 0 unspecified atom stereocenters. The van der Waals surface area contributed by atoms with Crippen molar-refractivity contribution in [3.05, 3.63) is 40.1 Å². The number of aromatic nitrogens is 3. The van der Waals surface area contributed by atoms with Crippen LogP contribution >= 0.6 is 0 Å². The highest BCUT2D eigenvalue weighted by Gasteiger charge is 2.37. The Morgan fingerprint density at radius 1 is 1.22 bits per heavy atom. The summed E-state index contributed by atoms with van der Waals surface area (Å²) in [6.07, 6.45) is 3.11. The molecule has 4 rings (SSSR count). The summed E-state index contributed by atoms with van der Waals surface area (Å²) in [7, 11) is 0. The average molecular weight is 368 g/mol. The number of carbonyl (C=O) groups is 2. The van der Waals surface area contributed by atoms with Crippen LogP contribution in [-0.4, -0.2) is 26.3 Å². The number of rotatable bonds is 4. The number of amides is 2. The van der Waals surface area contributed by atoms with Crippen molar-refractivity contribution in [2.75, 3.05) is 10.6 Å². The van der Waals surface area contributed by atoms with Gasteiger partial charge < -0.3 is 16.0 Å². The summed E-state index contributed by atoms with van der Waals surface area (Å²) in [5.74, 6) is 0.489. The highest BCUT2D eigenvalue weighted by Crippen LogP contribution is 2.30. The van der Waals surface area contributed by atoms with Crippen LogP contribution in [-0.2, 0) is 10.5 Å². The largest absolute Gasteiger partial charge is 0.336 e. The zero-order chi connectivity index (χ0) is 19.3. The summed E-state index contributed by atoms with van der Waals surface area (Å²) in [5.41, 5.74) is 0.174. The highest BCUT2D eigenvalue weighted by molar-refractivity contribution is 5.97. The number of nitrogens with one attached hydrogen (secondary N) is 3. The van der Waals surface area contributed by atoms with E-state index in [1.165, 1.54) is 10.9 Å². The summed E-state index contributed by atoms with van der Waals surface area (Å²) in [6, 6.07) is 3.20. The number of hydrogen-bond acceptors (Lipinski definition) is 6. The van der Waals surface area contributed by atoms with Crippen LogP contribution in [0.4, 0.5) is 17.3 Å². The fourth-order valence-corrected chi connectivity index (χ4v) is 3.25. The summed E-state index contributed by atoms with van der Waals surface area (Å²) >= 11 is 0. The topological polar surface area (TPSA) is 118 Å². The van der Waals surface area contributed by atoms with Gasteiger partial charge in [-0.05, 0) is 45.2 Å². The fraction of sp³-hybridized carbons (Fsp3) is 0.389. The molecular formula is C18H20N6O3. The third-order valence-electron chi connectivity index (χ3n) is 4.71. The Kier molecular flexibility index (Phi) is 3.76. The van der Waals surface area contributed by atoms with Gasteiger partial charge in [-0.15, -0.1) is 0 Å². The van der Waals surface area contributed by atoms with Gasteiger partial charge in [0.25, 0.3) is 11.5 Å². The highest BCUT2D eigenvalue weighted by atomic mass is 16.2. The number of pyridine rings is 1. The summed E-state index contributed by atoms with van der Waals surface area (Å²) < 4.78 is 1.45. The quantitative estimate of drug-likeness (QED) is 0.752. The van der Waals surface area contributed by atoms with Crippen molar-refractivity contribution < 1.29 is 9.59 Å². The van der Waals surface area contributed by atoms with Crippen molar-refractivity contribution in [2.24, 2.45) is 5.92 Å². The van der Waals surface area contributed by atoms with Crippen LogP contribution in [0.1, 0.15) is 42.7 Å². The number of anilines is 3. The fourth-order valence-electron chi connectivity index (χ4n) is 3.25. The number of hydrogen-bond donors (Lipinski definition) is 3. The van der Waals surface area contributed by atoms with Crippen molar-refractivity contribution >= 4 is 29.1 Å². The Morgan fingerprint density at radius 2 is 1.93 bits per heavy atom. The zero-order valence-corrected chi connectivity index (χ0v) is 15.3. The van der Waals surface area contributed by atoms with E-state index in [0.717, 1.165) is 12.8 Å². The number of carbonyl (C=O) groups excluding carboxylic acids is 2. The Morgan fingerprint density at radius 3 is 2.63 bits per heavy atom. The molecule has 0 spiro atoms. The minimum Gasteiger partial charge on any atom is -0.336 e. The molecule has 3 N–H and O–H groups in total. The van der Waals surface area contributed by atoms with E-state index in [0.29, 0.717) is 28.6 Å². The first-order valence-electron chi connectivity index (χ1n) is 8.76. The monoisotopic (exact) mass is 368 g/mol. The van der Waals surface area contributed by atoms with Gasteiger partial charge >= 0.3 is 0 Å². The number of aryl methyl sites for hydroxylation is 1. The smallest absolute Gasteiger partial charge is 0.276 e. The van der Waals surface area contributed by atoms with Gasteiger partial charge in [0.05, 0.1) is 0 Å². The van der Waals surface area contributed by atoms with E-state index >= 15 is 0 Å². The molecule has 0 radical (unpaired) electrons. The number of nitrogens with zero attached hydrogens (tertiary/aromatic N) is 3. The van der Waals surface area contributed by atoms with E-state index in [-0.39, 0.29) is 23.3 Å². The Hall–Kier alpha value is -3.23. The predicted molar refractivity (Wildman–Crippen MR) is 98.9 cm³/mol. The van der Waals surface area contributed by atoms with Crippen molar-refractivity contribution in [1.82, 2.24) is 19.9 Å². The van der Waals surface area contributed by atoms with Gasteiger partial charge in [0, 0.05) is 12.0 Å². The summed E-state index contributed by atoms with van der Waals surface area (Å²) in [5, 5.41) is 8.53. The maximum absolute atomic E-state index is 12.9. The molecule has 2 aliphatic rings. The van der Waals surface area contributed by atoms with Crippen LogP contribution < -0.4 is 21.5 Å². The van der Waals surface area contributed by atoms with Crippen LogP contribution in [0.5, 0.6) is 0 Å². The molecule has 0 bridgehead atoms. The van der Waals surface area contributed by atoms with Gasteiger partial charge in [-0.1, -0.05) is 0 Å². The van der Waals surface area contributed by atoms with Crippen LogP contribution in [0, 0.1) is 12.8 Å². The molecule has 9 nitrogen and oxygen atoms in total. The van der Waals surface area contributed by atoms with Crippen LogP contribution in [0.15, 0.2) is 23.3 Å². The molecule has 2 aromatic heterocycles. The standard InChI is InChI=1S/C18H20N6O3/c1-9-6-11(17(27)24-14(9)16(26)23-18(24,2)3)21-12-7-13(20-8-19-12)22-15(25)10-4-5-10/h6-8,10H,4-5H2,1-3H3,(H,23,26)(H2,19,20,21,22,25).